The van der Waals surface area contributed by atoms with Gasteiger partial charge in [0.15, 0.2) is 11.6 Å². The number of ether oxygens (including phenoxy) is 1. The minimum absolute atomic E-state index is 0.676. The van der Waals surface area contributed by atoms with Crippen molar-refractivity contribution in [3.8, 4) is 11.4 Å². The van der Waals surface area contributed by atoms with Crippen LogP contribution in [0.1, 0.15) is 5.56 Å². The number of morpholine rings is 1. The second kappa shape index (κ2) is 7.27. The number of rotatable bonds is 4. The van der Waals surface area contributed by atoms with Crippen LogP contribution in [-0.4, -0.2) is 49.5 Å². The predicted molar refractivity (Wildman–Crippen MR) is 107 cm³/mol. The number of hydrogen-bond donors (Lipinski definition) is 2. The molecule has 1 saturated heterocycles. The first-order valence-electron chi connectivity index (χ1n) is 8.45. The van der Waals surface area contributed by atoms with Gasteiger partial charge in [-0.15, -0.1) is 11.3 Å². The van der Waals surface area contributed by atoms with Crippen molar-refractivity contribution in [2.75, 3.05) is 44.0 Å². The summed E-state index contributed by atoms with van der Waals surface area (Å²) in [5, 5.41) is 4.87. The Hall–Kier alpha value is -2.71. The number of thiophene rings is 1. The standard InChI is InChI=1S/C18H20N6OS/c1-20-21-11-12-4-2-3-5-13(12)17-22-14-10-15(19)26-16(14)18(23-17)24-6-8-25-9-7-24/h2-5,10-11,20H,6-9,19H2,1H3/b21-11-. The molecule has 0 saturated carbocycles. The van der Waals surface area contributed by atoms with E-state index in [-0.39, 0.29) is 0 Å². The van der Waals surface area contributed by atoms with Gasteiger partial charge in [-0.1, -0.05) is 24.3 Å². The van der Waals surface area contributed by atoms with Gasteiger partial charge < -0.3 is 20.8 Å². The smallest absolute Gasteiger partial charge is 0.162 e. The van der Waals surface area contributed by atoms with Crippen molar-refractivity contribution in [3.05, 3.63) is 35.9 Å². The molecule has 3 N–H and O–H groups in total. The van der Waals surface area contributed by atoms with Crippen LogP contribution in [0.25, 0.3) is 21.6 Å². The van der Waals surface area contributed by atoms with E-state index in [1.165, 1.54) is 11.3 Å². The quantitative estimate of drug-likeness (QED) is 0.543. The van der Waals surface area contributed by atoms with Crippen LogP contribution in [0.15, 0.2) is 35.4 Å². The van der Waals surface area contributed by atoms with Crippen molar-refractivity contribution in [1.82, 2.24) is 15.4 Å². The van der Waals surface area contributed by atoms with Crippen molar-refractivity contribution in [3.63, 3.8) is 0 Å². The third-order valence-corrected chi connectivity index (χ3v) is 5.17. The van der Waals surface area contributed by atoms with Crippen molar-refractivity contribution in [2.24, 2.45) is 5.10 Å². The molecule has 0 atom stereocenters. The summed E-state index contributed by atoms with van der Waals surface area (Å²) in [6.07, 6.45) is 1.78. The molecular weight excluding hydrogens is 348 g/mol. The molecular formula is C18H20N6OS. The third kappa shape index (κ3) is 3.21. The van der Waals surface area contributed by atoms with Gasteiger partial charge in [-0.2, -0.15) is 5.10 Å². The van der Waals surface area contributed by atoms with Crippen molar-refractivity contribution in [1.29, 1.82) is 0 Å². The summed E-state index contributed by atoms with van der Waals surface area (Å²) >= 11 is 1.53. The fourth-order valence-corrected chi connectivity index (χ4v) is 3.87. The monoisotopic (exact) mass is 368 g/mol. The van der Waals surface area contributed by atoms with Crippen LogP contribution in [-0.2, 0) is 4.74 Å². The van der Waals surface area contributed by atoms with E-state index in [0.29, 0.717) is 19.0 Å². The molecule has 134 valence electrons. The van der Waals surface area contributed by atoms with Crippen molar-refractivity contribution >= 4 is 38.6 Å². The molecule has 8 heteroatoms. The Morgan fingerprint density at radius 2 is 2.08 bits per heavy atom. The van der Waals surface area contributed by atoms with E-state index in [9.17, 15) is 0 Å². The number of nitrogens with two attached hydrogens (primary N) is 1. The van der Waals surface area contributed by atoms with Gasteiger partial charge in [0, 0.05) is 31.3 Å². The molecule has 0 amide bonds. The summed E-state index contributed by atoms with van der Waals surface area (Å²) in [7, 11) is 1.77. The van der Waals surface area contributed by atoms with Crippen molar-refractivity contribution in [2.45, 2.75) is 0 Å². The number of hydrogen-bond acceptors (Lipinski definition) is 8. The molecule has 1 aliphatic rings. The number of benzene rings is 1. The fraction of sp³-hybridized carbons (Fsp3) is 0.278. The highest BCUT2D eigenvalue weighted by Gasteiger charge is 2.20. The van der Waals surface area contributed by atoms with Gasteiger partial charge in [0.1, 0.15) is 0 Å². The van der Waals surface area contributed by atoms with E-state index in [2.05, 4.69) is 15.4 Å². The van der Waals surface area contributed by atoms with Gasteiger partial charge in [0.25, 0.3) is 0 Å². The molecule has 4 rings (SSSR count). The van der Waals surface area contributed by atoms with Crippen LogP contribution in [0, 0.1) is 0 Å². The molecule has 2 aromatic heterocycles. The highest BCUT2D eigenvalue weighted by atomic mass is 32.1. The summed E-state index contributed by atoms with van der Waals surface area (Å²) < 4.78 is 6.51. The fourth-order valence-electron chi connectivity index (χ4n) is 2.99. The number of nitrogens with one attached hydrogen (secondary N) is 1. The van der Waals surface area contributed by atoms with E-state index in [4.69, 9.17) is 20.4 Å². The lowest BCUT2D eigenvalue weighted by Gasteiger charge is -2.28. The van der Waals surface area contributed by atoms with Crippen LogP contribution in [0.5, 0.6) is 0 Å². The van der Waals surface area contributed by atoms with Crippen LogP contribution in [0.4, 0.5) is 10.8 Å². The number of aromatic nitrogens is 2. The Labute approximate surface area is 155 Å². The molecule has 7 nitrogen and oxygen atoms in total. The minimum Gasteiger partial charge on any atom is -0.391 e. The lowest BCUT2D eigenvalue weighted by Crippen LogP contribution is -2.36. The second-order valence-corrected chi connectivity index (χ2v) is 6.99. The van der Waals surface area contributed by atoms with Gasteiger partial charge >= 0.3 is 0 Å². The molecule has 0 spiro atoms. The summed E-state index contributed by atoms with van der Waals surface area (Å²) in [5.41, 5.74) is 11.6. The zero-order chi connectivity index (χ0) is 17.9. The van der Waals surface area contributed by atoms with Crippen LogP contribution in [0.3, 0.4) is 0 Å². The molecule has 0 bridgehead atoms. The molecule has 1 aromatic carbocycles. The Bertz CT molecular complexity index is 948. The van der Waals surface area contributed by atoms with Crippen LogP contribution >= 0.6 is 11.3 Å². The van der Waals surface area contributed by atoms with Crippen LogP contribution < -0.4 is 16.1 Å². The number of hydrazone groups is 1. The highest BCUT2D eigenvalue weighted by molar-refractivity contribution is 7.23. The molecule has 26 heavy (non-hydrogen) atoms. The number of anilines is 2. The van der Waals surface area contributed by atoms with Gasteiger partial charge in [0.05, 0.1) is 34.6 Å². The molecule has 3 aromatic rings. The van der Waals surface area contributed by atoms with E-state index < -0.39 is 0 Å². The first-order valence-corrected chi connectivity index (χ1v) is 9.27. The van der Waals surface area contributed by atoms with E-state index in [0.717, 1.165) is 45.3 Å². The maximum absolute atomic E-state index is 6.05. The molecule has 0 unspecified atom stereocenters. The van der Waals surface area contributed by atoms with Gasteiger partial charge in [-0.3, -0.25) is 0 Å². The van der Waals surface area contributed by atoms with E-state index >= 15 is 0 Å². The number of nitrogens with zero attached hydrogens (tertiary/aromatic N) is 4. The van der Waals surface area contributed by atoms with Crippen molar-refractivity contribution < 1.29 is 4.74 Å². The molecule has 0 radical (unpaired) electrons. The lowest BCUT2D eigenvalue weighted by molar-refractivity contribution is 0.122. The highest BCUT2D eigenvalue weighted by Crippen LogP contribution is 2.35. The molecule has 1 fully saturated rings. The van der Waals surface area contributed by atoms with Gasteiger partial charge in [-0.05, 0) is 6.07 Å². The Morgan fingerprint density at radius 3 is 2.88 bits per heavy atom. The summed E-state index contributed by atoms with van der Waals surface area (Å²) in [6, 6.07) is 9.89. The first-order chi connectivity index (χ1) is 12.8. The maximum atomic E-state index is 6.05. The number of fused-ring (bicyclic) bond motifs is 1. The average Bonchev–Trinajstić information content (AvgIpc) is 3.06. The lowest BCUT2D eigenvalue weighted by atomic mass is 10.1. The Kier molecular flexibility index (Phi) is 4.68. The summed E-state index contributed by atoms with van der Waals surface area (Å²) in [4.78, 5) is 11.9. The minimum atomic E-state index is 0.676. The number of nitrogen functional groups attached to an aromatic ring is 1. The largest absolute Gasteiger partial charge is 0.391 e. The zero-order valence-electron chi connectivity index (χ0n) is 14.5. The van der Waals surface area contributed by atoms with E-state index in [1.54, 1.807) is 13.3 Å². The van der Waals surface area contributed by atoms with Crippen LogP contribution in [0.2, 0.25) is 0 Å². The van der Waals surface area contributed by atoms with Gasteiger partial charge in [-0.25, -0.2) is 9.97 Å². The second-order valence-electron chi connectivity index (χ2n) is 5.90. The topological polar surface area (TPSA) is 88.7 Å². The summed E-state index contributed by atoms with van der Waals surface area (Å²) in [6.45, 7) is 3.03. The normalized spacial score (nSPS) is 15.0. The predicted octanol–water partition coefficient (Wildman–Crippen LogP) is 2.33. The molecule has 3 heterocycles. The van der Waals surface area contributed by atoms with E-state index in [1.807, 2.05) is 30.3 Å². The Balaban J connectivity index is 1.87. The molecule has 1 aliphatic heterocycles. The first kappa shape index (κ1) is 16.7. The molecule has 0 aliphatic carbocycles. The third-order valence-electron chi connectivity index (χ3n) is 4.22. The zero-order valence-corrected chi connectivity index (χ0v) is 15.3. The SMILES string of the molecule is CN/N=C\c1ccccc1-c1nc(N2CCOCC2)c2sc(N)cc2n1. The average molecular weight is 368 g/mol. The van der Waals surface area contributed by atoms with Gasteiger partial charge in [0.2, 0.25) is 0 Å². The summed E-state index contributed by atoms with van der Waals surface area (Å²) in [5.74, 6) is 1.60. The maximum Gasteiger partial charge on any atom is 0.162 e. The Morgan fingerprint density at radius 1 is 1.27 bits per heavy atom.